The van der Waals surface area contributed by atoms with Crippen LogP contribution in [0.1, 0.15) is 41.0 Å². The molecule has 0 saturated carbocycles. The number of likely N-dealkylation sites (N-methyl/N-ethyl adjacent to an activating group) is 1. The van der Waals surface area contributed by atoms with Gasteiger partial charge in [0, 0.05) is 0 Å². The molecule has 2 atom stereocenters. The van der Waals surface area contributed by atoms with Crippen LogP contribution in [0.25, 0.3) is 0 Å². The first-order chi connectivity index (χ1) is 12.2. The molecule has 1 N–H and O–H groups in total. The van der Waals surface area contributed by atoms with E-state index in [4.69, 9.17) is 18.6 Å². The van der Waals surface area contributed by atoms with Crippen LogP contribution in [0.2, 0.25) is 0 Å². The van der Waals surface area contributed by atoms with Gasteiger partial charge in [-0.25, -0.2) is 0 Å². The standard InChI is InChI=1S/C19H31B2NO4/c1-18(2,3)13-19(4,5)16-11-23-20(25-16)14-7-9-15(10-8-14)21-24-12-17(22-6)26-21/h7-10,16-17,22H,11-13H2,1-6H3. The van der Waals surface area contributed by atoms with Gasteiger partial charge in [0.2, 0.25) is 0 Å². The van der Waals surface area contributed by atoms with Crippen molar-refractivity contribution in [2.24, 2.45) is 10.8 Å². The number of hydrogen-bond donors (Lipinski definition) is 1. The van der Waals surface area contributed by atoms with Crippen molar-refractivity contribution >= 4 is 25.2 Å². The smallest absolute Gasteiger partial charge is 0.405 e. The lowest BCUT2D eigenvalue weighted by atomic mass is 9.72. The van der Waals surface area contributed by atoms with Crippen molar-refractivity contribution < 1.29 is 18.6 Å². The van der Waals surface area contributed by atoms with Crippen LogP contribution in [-0.4, -0.2) is 46.8 Å². The zero-order valence-corrected chi connectivity index (χ0v) is 16.9. The summed E-state index contributed by atoms with van der Waals surface area (Å²) in [6, 6.07) is 8.13. The SMILES string of the molecule is CNC1COB(c2ccc(B3OCC(C(C)(C)CC(C)(C)C)O3)cc2)O1. The molecular weight excluding hydrogens is 328 g/mol. The molecule has 1 aromatic rings. The van der Waals surface area contributed by atoms with E-state index < -0.39 is 0 Å². The van der Waals surface area contributed by atoms with Gasteiger partial charge in [-0.3, -0.25) is 5.32 Å². The van der Waals surface area contributed by atoms with Crippen LogP contribution < -0.4 is 16.2 Å². The van der Waals surface area contributed by atoms with E-state index in [1.807, 2.05) is 31.3 Å². The van der Waals surface area contributed by atoms with E-state index in [1.165, 1.54) is 0 Å². The summed E-state index contributed by atoms with van der Waals surface area (Å²) < 4.78 is 23.7. The second-order valence-electron chi connectivity index (χ2n) is 9.26. The molecule has 2 aliphatic rings. The van der Waals surface area contributed by atoms with Crippen molar-refractivity contribution in [1.29, 1.82) is 0 Å². The predicted molar refractivity (Wildman–Crippen MR) is 106 cm³/mol. The van der Waals surface area contributed by atoms with Gasteiger partial charge in [-0.15, -0.1) is 0 Å². The molecule has 2 heterocycles. The molecule has 142 valence electrons. The van der Waals surface area contributed by atoms with Crippen LogP contribution in [0.4, 0.5) is 0 Å². The fourth-order valence-electron chi connectivity index (χ4n) is 4.01. The Hall–Kier alpha value is -0.850. The Morgan fingerprint density at radius 1 is 0.923 bits per heavy atom. The highest BCUT2D eigenvalue weighted by Gasteiger charge is 2.43. The van der Waals surface area contributed by atoms with E-state index in [2.05, 4.69) is 39.9 Å². The predicted octanol–water partition coefficient (Wildman–Crippen LogP) is 1.55. The molecule has 2 aliphatic heterocycles. The zero-order valence-electron chi connectivity index (χ0n) is 16.9. The van der Waals surface area contributed by atoms with Gasteiger partial charge in [0.1, 0.15) is 6.23 Å². The van der Waals surface area contributed by atoms with E-state index in [0.29, 0.717) is 13.2 Å². The summed E-state index contributed by atoms with van der Waals surface area (Å²) in [6.07, 6.45) is 1.14. The molecule has 0 spiro atoms. The summed E-state index contributed by atoms with van der Waals surface area (Å²) in [4.78, 5) is 0. The lowest BCUT2D eigenvalue weighted by Crippen LogP contribution is -2.39. The maximum Gasteiger partial charge on any atom is 0.495 e. The van der Waals surface area contributed by atoms with E-state index >= 15 is 0 Å². The Kier molecular flexibility index (Phi) is 5.85. The number of rotatable bonds is 5. The van der Waals surface area contributed by atoms with Gasteiger partial charge in [-0.05, 0) is 35.2 Å². The number of benzene rings is 1. The lowest BCUT2D eigenvalue weighted by Gasteiger charge is -2.36. The van der Waals surface area contributed by atoms with Crippen molar-refractivity contribution in [3.63, 3.8) is 0 Å². The molecule has 0 amide bonds. The largest absolute Gasteiger partial charge is 0.495 e. The second-order valence-corrected chi connectivity index (χ2v) is 9.26. The molecule has 1 aromatic carbocycles. The van der Waals surface area contributed by atoms with E-state index in [0.717, 1.165) is 17.3 Å². The molecule has 0 bridgehead atoms. The van der Waals surface area contributed by atoms with E-state index in [-0.39, 0.29) is 37.4 Å². The number of hydrogen-bond acceptors (Lipinski definition) is 5. The van der Waals surface area contributed by atoms with E-state index in [9.17, 15) is 0 Å². The summed E-state index contributed by atoms with van der Waals surface area (Å²) in [6.45, 7) is 12.5. The Labute approximate surface area is 158 Å². The zero-order chi connectivity index (χ0) is 18.9. The Bertz CT molecular complexity index is 603. The molecule has 0 aromatic heterocycles. The van der Waals surface area contributed by atoms with Gasteiger partial charge >= 0.3 is 14.2 Å². The summed E-state index contributed by atoms with van der Waals surface area (Å²) in [5.41, 5.74) is 2.37. The van der Waals surface area contributed by atoms with E-state index in [1.54, 1.807) is 0 Å². The molecule has 26 heavy (non-hydrogen) atoms. The molecule has 0 radical (unpaired) electrons. The molecule has 3 rings (SSSR count). The minimum absolute atomic E-state index is 0.0491. The normalized spacial score (nSPS) is 24.5. The summed E-state index contributed by atoms with van der Waals surface area (Å²) in [7, 11) is 1.25. The monoisotopic (exact) mass is 359 g/mol. The maximum atomic E-state index is 6.26. The van der Waals surface area contributed by atoms with Crippen molar-refractivity contribution in [2.45, 2.75) is 53.4 Å². The van der Waals surface area contributed by atoms with Crippen molar-refractivity contribution in [3.05, 3.63) is 24.3 Å². The maximum absolute atomic E-state index is 6.26. The minimum atomic E-state index is -0.314. The molecule has 2 saturated heterocycles. The molecule has 2 fully saturated rings. The average molecular weight is 359 g/mol. The van der Waals surface area contributed by atoms with Gasteiger partial charge in [-0.1, -0.05) is 58.9 Å². The third-order valence-corrected chi connectivity index (χ3v) is 5.03. The highest BCUT2D eigenvalue weighted by Crippen LogP contribution is 2.38. The Balaban J connectivity index is 1.61. The molecule has 5 nitrogen and oxygen atoms in total. The third-order valence-electron chi connectivity index (χ3n) is 5.03. The third kappa shape index (κ3) is 4.70. The highest BCUT2D eigenvalue weighted by atomic mass is 16.7. The summed E-state index contributed by atoms with van der Waals surface area (Å²) in [5, 5.41) is 3.07. The summed E-state index contributed by atoms with van der Waals surface area (Å²) >= 11 is 0. The fraction of sp³-hybridized carbons (Fsp3) is 0.684. The van der Waals surface area contributed by atoms with Gasteiger partial charge in [0.05, 0.1) is 19.3 Å². The Morgan fingerprint density at radius 2 is 1.46 bits per heavy atom. The van der Waals surface area contributed by atoms with Crippen LogP contribution in [0.15, 0.2) is 24.3 Å². The summed E-state index contributed by atoms with van der Waals surface area (Å²) in [5.74, 6) is 0. The van der Waals surface area contributed by atoms with Crippen LogP contribution >= 0.6 is 0 Å². The molecule has 7 heteroatoms. The Morgan fingerprint density at radius 3 is 1.96 bits per heavy atom. The average Bonchev–Trinajstić information content (AvgIpc) is 3.23. The van der Waals surface area contributed by atoms with Crippen molar-refractivity contribution in [1.82, 2.24) is 5.32 Å². The van der Waals surface area contributed by atoms with Gasteiger partial charge < -0.3 is 18.6 Å². The van der Waals surface area contributed by atoms with Crippen LogP contribution in [0.5, 0.6) is 0 Å². The quantitative estimate of drug-likeness (QED) is 0.809. The lowest BCUT2D eigenvalue weighted by molar-refractivity contribution is 0.0546. The molecule has 2 unspecified atom stereocenters. The molecular formula is C19H31B2NO4. The van der Waals surface area contributed by atoms with Crippen molar-refractivity contribution in [3.8, 4) is 0 Å². The van der Waals surface area contributed by atoms with Crippen LogP contribution in [-0.2, 0) is 18.6 Å². The van der Waals surface area contributed by atoms with Gasteiger partial charge in [0.25, 0.3) is 0 Å². The minimum Gasteiger partial charge on any atom is -0.405 e. The van der Waals surface area contributed by atoms with Gasteiger partial charge in [0.15, 0.2) is 0 Å². The highest BCUT2D eigenvalue weighted by molar-refractivity contribution is 6.63. The second kappa shape index (κ2) is 7.64. The topological polar surface area (TPSA) is 49.0 Å². The first-order valence-corrected chi connectivity index (χ1v) is 9.49. The molecule has 0 aliphatic carbocycles. The van der Waals surface area contributed by atoms with Gasteiger partial charge in [-0.2, -0.15) is 0 Å². The first kappa shape index (κ1) is 19.9. The van der Waals surface area contributed by atoms with Crippen LogP contribution in [0.3, 0.4) is 0 Å². The van der Waals surface area contributed by atoms with Crippen molar-refractivity contribution in [2.75, 3.05) is 20.3 Å². The number of nitrogens with one attached hydrogen (secondary N) is 1. The first-order valence-electron chi connectivity index (χ1n) is 9.49. The fourth-order valence-corrected chi connectivity index (χ4v) is 4.01. The van der Waals surface area contributed by atoms with Crippen LogP contribution in [0, 0.1) is 10.8 Å².